The van der Waals surface area contributed by atoms with Crippen molar-refractivity contribution in [3.8, 4) is 17.6 Å². The molecule has 2 heterocycles. The van der Waals surface area contributed by atoms with E-state index in [0.29, 0.717) is 27.7 Å². The minimum atomic E-state index is -0.574. The van der Waals surface area contributed by atoms with Gasteiger partial charge in [-0.1, -0.05) is 35.9 Å². The zero-order valence-electron chi connectivity index (χ0n) is 16.5. The van der Waals surface area contributed by atoms with E-state index in [1.54, 1.807) is 48.5 Å². The standard InChI is InChI=1S/C24H17ClN2O4/c1-14-6-10-20(29-14)23-17-9-8-16(12-21(17)31-24(27)18(23)13-26)30-22(28)11-7-15-4-2-3-5-19(15)25/h2-12,23H,27H2,1H3/b11-7+. The van der Waals surface area contributed by atoms with Crippen molar-refractivity contribution in [1.82, 2.24) is 0 Å². The molecule has 2 N–H and O–H groups in total. The Bertz CT molecular complexity index is 1270. The lowest BCUT2D eigenvalue weighted by atomic mass is 9.87. The van der Waals surface area contributed by atoms with Crippen molar-refractivity contribution in [3.63, 3.8) is 0 Å². The summed E-state index contributed by atoms with van der Waals surface area (Å²) in [6, 6.07) is 17.8. The minimum Gasteiger partial charge on any atom is -0.465 e. The number of ether oxygens (including phenoxy) is 2. The number of halogens is 1. The Morgan fingerprint density at radius 3 is 2.74 bits per heavy atom. The number of aryl methyl sites for hydroxylation is 1. The number of carbonyl (C=O) groups excluding carboxylic acids is 1. The van der Waals surface area contributed by atoms with Crippen LogP contribution in [0.5, 0.6) is 11.5 Å². The second-order valence-electron chi connectivity index (χ2n) is 6.85. The smallest absolute Gasteiger partial charge is 0.336 e. The Morgan fingerprint density at radius 2 is 2.03 bits per heavy atom. The van der Waals surface area contributed by atoms with Gasteiger partial charge < -0.3 is 19.6 Å². The molecule has 0 spiro atoms. The highest BCUT2D eigenvalue weighted by atomic mass is 35.5. The van der Waals surface area contributed by atoms with E-state index < -0.39 is 11.9 Å². The van der Waals surface area contributed by atoms with Crippen LogP contribution in [-0.4, -0.2) is 5.97 Å². The Balaban J connectivity index is 1.59. The molecule has 2 aromatic carbocycles. The summed E-state index contributed by atoms with van der Waals surface area (Å²) in [6.45, 7) is 1.82. The van der Waals surface area contributed by atoms with Crippen LogP contribution in [0.4, 0.5) is 0 Å². The monoisotopic (exact) mass is 432 g/mol. The molecule has 4 rings (SSSR count). The predicted octanol–water partition coefficient (Wildman–Crippen LogP) is 5.08. The number of hydrogen-bond acceptors (Lipinski definition) is 6. The van der Waals surface area contributed by atoms with Gasteiger partial charge in [-0.15, -0.1) is 0 Å². The molecular weight excluding hydrogens is 416 g/mol. The molecule has 31 heavy (non-hydrogen) atoms. The summed E-state index contributed by atoms with van der Waals surface area (Å²) < 4.78 is 16.7. The number of allylic oxidation sites excluding steroid dienone is 1. The van der Waals surface area contributed by atoms with Gasteiger partial charge in [0.1, 0.15) is 34.7 Å². The summed E-state index contributed by atoms with van der Waals surface area (Å²) in [5, 5.41) is 10.1. The molecule has 3 aromatic rings. The molecule has 1 unspecified atom stereocenters. The highest BCUT2D eigenvalue weighted by molar-refractivity contribution is 6.32. The van der Waals surface area contributed by atoms with Crippen LogP contribution in [0.2, 0.25) is 5.02 Å². The van der Waals surface area contributed by atoms with E-state index in [-0.39, 0.29) is 17.2 Å². The number of rotatable bonds is 4. The summed E-state index contributed by atoms with van der Waals surface area (Å²) in [5.74, 6) is 0.855. The molecule has 0 aliphatic carbocycles. The lowest BCUT2D eigenvalue weighted by molar-refractivity contribution is -0.128. The lowest BCUT2D eigenvalue weighted by Gasteiger charge is -2.25. The molecule has 1 aliphatic heterocycles. The van der Waals surface area contributed by atoms with Crippen molar-refractivity contribution in [2.45, 2.75) is 12.8 Å². The molecular formula is C24H17ClN2O4. The molecule has 0 saturated heterocycles. The number of carbonyl (C=O) groups is 1. The molecule has 1 aromatic heterocycles. The van der Waals surface area contributed by atoms with Gasteiger partial charge in [-0.25, -0.2) is 4.79 Å². The number of nitrogens with zero attached hydrogens (tertiary/aromatic N) is 1. The number of nitrogens with two attached hydrogens (primary N) is 1. The molecule has 0 fully saturated rings. The Hall–Kier alpha value is -3.95. The van der Waals surface area contributed by atoms with Crippen LogP contribution in [0.3, 0.4) is 0 Å². The van der Waals surface area contributed by atoms with E-state index in [2.05, 4.69) is 6.07 Å². The number of nitriles is 1. The molecule has 0 radical (unpaired) electrons. The topological polar surface area (TPSA) is 98.5 Å². The summed E-state index contributed by atoms with van der Waals surface area (Å²) >= 11 is 6.08. The molecule has 0 amide bonds. The highest BCUT2D eigenvalue weighted by Gasteiger charge is 2.33. The lowest BCUT2D eigenvalue weighted by Crippen LogP contribution is -2.21. The maximum atomic E-state index is 12.2. The fourth-order valence-corrected chi connectivity index (χ4v) is 3.52. The zero-order chi connectivity index (χ0) is 22.0. The summed E-state index contributed by atoms with van der Waals surface area (Å²) in [6.07, 6.45) is 2.87. The minimum absolute atomic E-state index is 0.0175. The van der Waals surface area contributed by atoms with Crippen LogP contribution < -0.4 is 15.2 Å². The average molecular weight is 433 g/mol. The maximum Gasteiger partial charge on any atom is 0.336 e. The Kier molecular flexibility index (Phi) is 5.52. The van der Waals surface area contributed by atoms with Crippen LogP contribution >= 0.6 is 11.6 Å². The van der Waals surface area contributed by atoms with Crippen LogP contribution in [0.25, 0.3) is 6.08 Å². The van der Waals surface area contributed by atoms with Gasteiger partial charge in [0.25, 0.3) is 0 Å². The fourth-order valence-electron chi connectivity index (χ4n) is 3.32. The first-order valence-electron chi connectivity index (χ1n) is 9.38. The third kappa shape index (κ3) is 4.18. The summed E-state index contributed by atoms with van der Waals surface area (Å²) in [4.78, 5) is 12.2. The molecule has 0 saturated carbocycles. The quantitative estimate of drug-likeness (QED) is 0.350. The van der Waals surface area contributed by atoms with E-state index in [1.165, 1.54) is 6.08 Å². The third-order valence-corrected chi connectivity index (χ3v) is 5.10. The molecule has 154 valence electrons. The van der Waals surface area contributed by atoms with Crippen LogP contribution in [0, 0.1) is 18.3 Å². The van der Waals surface area contributed by atoms with E-state index in [0.717, 1.165) is 5.76 Å². The van der Waals surface area contributed by atoms with E-state index in [1.807, 2.05) is 19.1 Å². The van der Waals surface area contributed by atoms with Crippen LogP contribution in [-0.2, 0) is 4.79 Å². The van der Waals surface area contributed by atoms with Crippen LogP contribution in [0.1, 0.15) is 28.6 Å². The maximum absolute atomic E-state index is 12.2. The van der Waals surface area contributed by atoms with Gasteiger partial charge in [-0.2, -0.15) is 5.26 Å². The normalized spacial score (nSPS) is 15.3. The SMILES string of the molecule is Cc1ccc(C2C(C#N)=C(N)Oc3cc(OC(=O)/C=C/c4ccccc4Cl)ccc32)o1. The predicted molar refractivity (Wildman–Crippen MR) is 115 cm³/mol. The first kappa shape index (κ1) is 20.3. The Labute approximate surface area is 183 Å². The first-order valence-corrected chi connectivity index (χ1v) is 9.76. The van der Waals surface area contributed by atoms with Gasteiger partial charge >= 0.3 is 5.97 Å². The van der Waals surface area contributed by atoms with Crippen molar-refractivity contribution >= 4 is 23.6 Å². The number of furan rings is 1. The van der Waals surface area contributed by atoms with Crippen LogP contribution in [0.15, 0.2) is 76.5 Å². The van der Waals surface area contributed by atoms with Gasteiger partial charge in [0.15, 0.2) is 0 Å². The number of esters is 1. The number of fused-ring (bicyclic) bond motifs is 1. The van der Waals surface area contributed by atoms with Gasteiger partial charge in [0, 0.05) is 22.7 Å². The van der Waals surface area contributed by atoms with Crippen molar-refractivity contribution in [1.29, 1.82) is 5.26 Å². The largest absolute Gasteiger partial charge is 0.465 e. The second kappa shape index (κ2) is 8.42. The fraction of sp³-hybridized carbons (Fsp3) is 0.0833. The summed E-state index contributed by atoms with van der Waals surface area (Å²) in [7, 11) is 0. The van der Waals surface area contributed by atoms with Gasteiger partial charge in [-0.05, 0) is 42.8 Å². The Morgan fingerprint density at radius 1 is 1.23 bits per heavy atom. The second-order valence-corrected chi connectivity index (χ2v) is 7.26. The molecule has 0 bridgehead atoms. The third-order valence-electron chi connectivity index (χ3n) is 4.76. The van der Waals surface area contributed by atoms with E-state index >= 15 is 0 Å². The number of benzene rings is 2. The van der Waals surface area contributed by atoms with Gasteiger partial charge in [0.2, 0.25) is 5.88 Å². The van der Waals surface area contributed by atoms with Crippen molar-refractivity contribution < 1.29 is 18.7 Å². The highest BCUT2D eigenvalue weighted by Crippen LogP contribution is 2.43. The van der Waals surface area contributed by atoms with Gasteiger partial charge in [0.05, 0.1) is 5.92 Å². The first-order chi connectivity index (χ1) is 15.0. The summed E-state index contributed by atoms with van der Waals surface area (Å²) in [5.41, 5.74) is 7.63. The molecule has 6 nitrogen and oxygen atoms in total. The van der Waals surface area contributed by atoms with Crippen molar-refractivity contribution in [2.24, 2.45) is 5.73 Å². The van der Waals surface area contributed by atoms with Crippen molar-refractivity contribution in [2.75, 3.05) is 0 Å². The van der Waals surface area contributed by atoms with Crippen molar-refractivity contribution in [3.05, 3.63) is 99.8 Å². The van der Waals surface area contributed by atoms with Gasteiger partial charge in [-0.3, -0.25) is 0 Å². The van der Waals surface area contributed by atoms with E-state index in [9.17, 15) is 10.1 Å². The molecule has 1 aliphatic rings. The molecule has 7 heteroatoms. The average Bonchev–Trinajstić information content (AvgIpc) is 3.18. The zero-order valence-corrected chi connectivity index (χ0v) is 17.2. The van der Waals surface area contributed by atoms with E-state index in [4.69, 9.17) is 31.2 Å². The number of hydrogen-bond donors (Lipinski definition) is 1. The molecule has 1 atom stereocenters.